The van der Waals surface area contributed by atoms with Crippen molar-refractivity contribution in [3.63, 3.8) is 0 Å². The molecule has 3 nitrogen and oxygen atoms in total. The van der Waals surface area contributed by atoms with Crippen LogP contribution in [0.2, 0.25) is 0 Å². The van der Waals surface area contributed by atoms with Crippen LogP contribution in [0.1, 0.15) is 13.8 Å². The summed E-state index contributed by atoms with van der Waals surface area (Å²) in [6.45, 7) is 4.31. The number of hydrogen-bond donors (Lipinski definition) is 1. The van der Waals surface area contributed by atoms with Gasteiger partial charge in [0.1, 0.15) is 0 Å². The van der Waals surface area contributed by atoms with Gasteiger partial charge in [-0.2, -0.15) is 0 Å². The maximum absolute atomic E-state index is 9.90. The second-order valence-corrected chi connectivity index (χ2v) is 3.18. The first-order chi connectivity index (χ1) is 6.63. The van der Waals surface area contributed by atoms with Crippen molar-refractivity contribution in [2.24, 2.45) is 11.7 Å². The third-order valence-electron chi connectivity index (χ3n) is 1.23. The molecule has 3 heteroatoms. The van der Waals surface area contributed by atoms with Crippen LogP contribution in [0.25, 0.3) is 0 Å². The van der Waals surface area contributed by atoms with Gasteiger partial charge in [-0.25, -0.2) is 4.79 Å². The lowest BCUT2D eigenvalue weighted by molar-refractivity contribution is 0.143. The molecular formula is C11H17NO2. The Balaban J connectivity index is 0.000000249. The highest BCUT2D eigenvalue weighted by molar-refractivity contribution is 5.64. The number of ether oxygens (including phenoxy) is 1. The van der Waals surface area contributed by atoms with E-state index in [9.17, 15) is 4.79 Å². The van der Waals surface area contributed by atoms with Crippen molar-refractivity contribution in [1.82, 2.24) is 0 Å². The normalized spacial score (nSPS) is 8.79. The summed E-state index contributed by atoms with van der Waals surface area (Å²) in [6.07, 6.45) is -0.696. The van der Waals surface area contributed by atoms with Gasteiger partial charge in [-0.3, -0.25) is 0 Å². The van der Waals surface area contributed by atoms with Crippen LogP contribution in [0, 0.1) is 5.92 Å². The van der Waals surface area contributed by atoms with E-state index in [2.05, 4.69) is 10.5 Å². The van der Waals surface area contributed by atoms with Crippen molar-refractivity contribution in [2.45, 2.75) is 13.8 Å². The average molecular weight is 195 g/mol. The Labute approximate surface area is 84.9 Å². The zero-order valence-electron chi connectivity index (χ0n) is 8.64. The first-order valence-electron chi connectivity index (χ1n) is 4.55. The lowest BCUT2D eigenvalue weighted by Gasteiger charge is -2.01. The molecule has 0 unspecified atom stereocenters. The Kier molecular flexibility index (Phi) is 7.23. The van der Waals surface area contributed by atoms with Crippen molar-refractivity contribution < 1.29 is 9.53 Å². The standard InChI is InChI=1S/C6H6.C5H11NO2/c1-2-4-6-5-3-1;1-4(2)3-8-5(6)7/h1-6H;4H,3H2,1-2H3,(H2,6,7). The van der Waals surface area contributed by atoms with Crippen molar-refractivity contribution in [3.05, 3.63) is 36.4 Å². The highest BCUT2D eigenvalue weighted by Crippen LogP contribution is 1.90. The summed E-state index contributed by atoms with van der Waals surface area (Å²) < 4.78 is 4.44. The first-order valence-corrected chi connectivity index (χ1v) is 4.55. The van der Waals surface area contributed by atoms with Crippen LogP contribution < -0.4 is 5.73 Å². The fraction of sp³-hybridized carbons (Fsp3) is 0.364. The van der Waals surface area contributed by atoms with Gasteiger partial charge >= 0.3 is 6.09 Å². The number of nitrogens with two attached hydrogens (primary N) is 1. The predicted octanol–water partition coefficient (Wildman–Crippen LogP) is 2.42. The van der Waals surface area contributed by atoms with E-state index in [1.165, 1.54) is 0 Å². The van der Waals surface area contributed by atoms with Crippen molar-refractivity contribution in [3.8, 4) is 0 Å². The molecule has 1 rings (SSSR count). The number of primary amides is 1. The van der Waals surface area contributed by atoms with E-state index in [1.807, 2.05) is 50.2 Å². The topological polar surface area (TPSA) is 52.3 Å². The summed E-state index contributed by atoms with van der Waals surface area (Å²) in [5, 5.41) is 0. The lowest BCUT2D eigenvalue weighted by atomic mass is 10.2. The fourth-order valence-electron chi connectivity index (χ4n) is 0.634. The number of amides is 1. The van der Waals surface area contributed by atoms with E-state index >= 15 is 0 Å². The molecule has 1 aromatic rings. The summed E-state index contributed by atoms with van der Waals surface area (Å²) in [5.74, 6) is 0.363. The van der Waals surface area contributed by atoms with E-state index in [0.717, 1.165) is 0 Å². The lowest BCUT2D eigenvalue weighted by Crippen LogP contribution is -2.16. The van der Waals surface area contributed by atoms with Crippen molar-refractivity contribution in [2.75, 3.05) is 6.61 Å². The van der Waals surface area contributed by atoms with Gasteiger partial charge < -0.3 is 10.5 Å². The van der Waals surface area contributed by atoms with Crippen LogP contribution in [0.15, 0.2) is 36.4 Å². The quantitative estimate of drug-likeness (QED) is 0.787. The molecule has 0 aromatic heterocycles. The first kappa shape index (κ1) is 12.5. The van der Waals surface area contributed by atoms with Gasteiger partial charge in [0.25, 0.3) is 0 Å². The minimum atomic E-state index is -0.696. The van der Waals surface area contributed by atoms with Crippen molar-refractivity contribution in [1.29, 1.82) is 0 Å². The highest BCUT2D eigenvalue weighted by atomic mass is 16.5. The van der Waals surface area contributed by atoms with Crippen LogP contribution >= 0.6 is 0 Å². The van der Waals surface area contributed by atoms with Gasteiger partial charge in [0.15, 0.2) is 0 Å². The molecule has 1 amide bonds. The molecule has 2 N–H and O–H groups in total. The van der Waals surface area contributed by atoms with E-state index in [4.69, 9.17) is 0 Å². The van der Waals surface area contributed by atoms with Crippen LogP contribution in [-0.2, 0) is 4.74 Å². The molecule has 0 bridgehead atoms. The smallest absolute Gasteiger partial charge is 0.404 e. The SMILES string of the molecule is CC(C)COC(N)=O.c1ccccc1. The Morgan fingerprint density at radius 1 is 1.14 bits per heavy atom. The molecule has 0 heterocycles. The molecule has 0 aliphatic rings. The summed E-state index contributed by atoms with van der Waals surface area (Å²) >= 11 is 0. The predicted molar refractivity (Wildman–Crippen MR) is 56.8 cm³/mol. The van der Waals surface area contributed by atoms with E-state index in [1.54, 1.807) is 0 Å². The Morgan fingerprint density at radius 3 is 1.64 bits per heavy atom. The van der Waals surface area contributed by atoms with Gasteiger partial charge in [0, 0.05) is 0 Å². The molecule has 0 radical (unpaired) electrons. The number of benzene rings is 1. The van der Waals surface area contributed by atoms with E-state index < -0.39 is 6.09 Å². The van der Waals surface area contributed by atoms with Gasteiger partial charge in [-0.05, 0) is 5.92 Å². The van der Waals surface area contributed by atoms with Crippen LogP contribution in [0.5, 0.6) is 0 Å². The number of rotatable bonds is 2. The third kappa shape index (κ3) is 10.5. The molecule has 0 saturated carbocycles. The van der Waals surface area contributed by atoms with E-state index in [-0.39, 0.29) is 0 Å². The minimum Gasteiger partial charge on any atom is -0.449 e. The summed E-state index contributed by atoms with van der Waals surface area (Å²) in [7, 11) is 0. The zero-order chi connectivity index (χ0) is 10.8. The molecule has 0 aliphatic heterocycles. The maximum atomic E-state index is 9.90. The molecule has 1 aromatic carbocycles. The zero-order valence-corrected chi connectivity index (χ0v) is 8.64. The largest absolute Gasteiger partial charge is 0.449 e. The molecule has 0 atom stereocenters. The van der Waals surface area contributed by atoms with Gasteiger partial charge in [0.2, 0.25) is 0 Å². The monoisotopic (exact) mass is 195 g/mol. The molecule has 0 saturated heterocycles. The summed E-state index contributed by atoms with van der Waals surface area (Å²) in [6, 6.07) is 12.0. The number of carbonyl (C=O) groups is 1. The fourth-order valence-corrected chi connectivity index (χ4v) is 0.634. The van der Waals surface area contributed by atoms with Crippen LogP contribution in [-0.4, -0.2) is 12.7 Å². The number of carbonyl (C=O) groups excluding carboxylic acids is 1. The summed E-state index contributed by atoms with van der Waals surface area (Å²) in [5.41, 5.74) is 4.68. The number of hydrogen-bond acceptors (Lipinski definition) is 2. The van der Waals surface area contributed by atoms with E-state index in [0.29, 0.717) is 12.5 Å². The second-order valence-electron chi connectivity index (χ2n) is 3.18. The molecular weight excluding hydrogens is 178 g/mol. The average Bonchev–Trinajstić information content (AvgIpc) is 2.18. The highest BCUT2D eigenvalue weighted by Gasteiger charge is 1.95. The maximum Gasteiger partial charge on any atom is 0.404 e. The Bertz CT molecular complexity index is 208. The molecule has 0 aliphatic carbocycles. The molecule has 0 fully saturated rings. The van der Waals surface area contributed by atoms with Crippen LogP contribution in [0.4, 0.5) is 4.79 Å². The molecule has 14 heavy (non-hydrogen) atoms. The summed E-state index contributed by atoms with van der Waals surface area (Å²) in [4.78, 5) is 9.90. The molecule has 0 spiro atoms. The van der Waals surface area contributed by atoms with Gasteiger partial charge in [0.05, 0.1) is 6.61 Å². The van der Waals surface area contributed by atoms with Gasteiger partial charge in [-0.15, -0.1) is 0 Å². The third-order valence-corrected chi connectivity index (χ3v) is 1.23. The van der Waals surface area contributed by atoms with Gasteiger partial charge in [-0.1, -0.05) is 50.2 Å². The van der Waals surface area contributed by atoms with Crippen LogP contribution in [0.3, 0.4) is 0 Å². The molecule has 78 valence electrons. The minimum absolute atomic E-state index is 0.363. The Morgan fingerprint density at radius 2 is 1.50 bits per heavy atom. The second kappa shape index (κ2) is 8.10. The van der Waals surface area contributed by atoms with Crippen molar-refractivity contribution >= 4 is 6.09 Å². The Hall–Kier alpha value is -1.51.